The van der Waals surface area contributed by atoms with Gasteiger partial charge in [0.1, 0.15) is 19.3 Å². The third kappa shape index (κ3) is 58.8. The van der Waals surface area contributed by atoms with Crippen LogP contribution in [0, 0.1) is 6.92 Å². The Balaban J connectivity index is 5.06. The molecule has 0 aliphatic carbocycles. The molecule has 0 saturated heterocycles. The van der Waals surface area contributed by atoms with Gasteiger partial charge in [-0.2, -0.15) is 6.42 Å². The Kier molecular flexibility index (Phi) is 57.7. The summed E-state index contributed by atoms with van der Waals surface area (Å²) in [5, 5.41) is 10.5. The van der Waals surface area contributed by atoms with Crippen molar-refractivity contribution in [2.75, 3.05) is 39.6 Å². The van der Waals surface area contributed by atoms with Gasteiger partial charge in [-0.25, -0.2) is 9.13 Å². The second-order valence-corrected chi connectivity index (χ2v) is 25.9. The summed E-state index contributed by atoms with van der Waals surface area (Å²) in [5.74, 6) is -2.17. The van der Waals surface area contributed by atoms with Gasteiger partial charge in [-0.15, -0.1) is 0 Å². The zero-order valence-corrected chi connectivity index (χ0v) is 54.7. The third-order valence-electron chi connectivity index (χ3n) is 14.7. The van der Waals surface area contributed by atoms with Crippen molar-refractivity contribution in [3.8, 4) is 0 Å². The largest absolute Gasteiger partial charge is 0.472 e. The van der Waals surface area contributed by atoms with Crippen molar-refractivity contribution in [2.24, 2.45) is 0 Å². The first-order valence-electron chi connectivity index (χ1n) is 33.6. The van der Waals surface area contributed by atoms with E-state index in [4.69, 9.17) is 37.0 Å². The molecule has 0 amide bonds. The predicted molar refractivity (Wildman–Crippen MR) is 331 cm³/mol. The maximum atomic E-state index is 12.9. The van der Waals surface area contributed by atoms with Gasteiger partial charge >= 0.3 is 39.5 Å². The molecule has 3 N–H and O–H groups in total. The van der Waals surface area contributed by atoms with E-state index in [1.807, 2.05) is 0 Å². The Morgan fingerprint density at radius 3 is 0.795 bits per heavy atom. The van der Waals surface area contributed by atoms with Crippen LogP contribution in [-0.2, 0) is 65.4 Å². The quantitative estimate of drug-likeness (QED) is 0.0169. The number of ether oxygens (including phenoxy) is 4. The second kappa shape index (κ2) is 59.0. The zero-order valence-electron chi connectivity index (χ0n) is 52.9. The number of carbonyl (C=O) groups is 4. The van der Waals surface area contributed by atoms with E-state index in [1.54, 1.807) is 0 Å². The van der Waals surface area contributed by atoms with Crippen LogP contribution in [0.1, 0.15) is 323 Å². The van der Waals surface area contributed by atoms with E-state index in [2.05, 4.69) is 27.7 Å². The molecule has 0 radical (unpaired) electrons. The van der Waals surface area contributed by atoms with Crippen LogP contribution in [0.2, 0.25) is 0 Å². The normalized spacial score (nSPS) is 14.2. The van der Waals surface area contributed by atoms with Gasteiger partial charge in [0.2, 0.25) is 0 Å². The van der Waals surface area contributed by atoms with Gasteiger partial charge in [0.25, 0.3) is 0 Å². The fraction of sp³-hybridized carbons (Fsp3) is 0.922. The summed E-state index contributed by atoms with van der Waals surface area (Å²) in [7, 11) is -9.88. The Morgan fingerprint density at radius 2 is 0.542 bits per heavy atom. The van der Waals surface area contributed by atoms with E-state index < -0.39 is 97.5 Å². The molecule has 0 aliphatic rings. The van der Waals surface area contributed by atoms with E-state index in [-0.39, 0.29) is 25.7 Å². The molecular formula is C64H123O17P2-. The lowest BCUT2D eigenvalue weighted by atomic mass is 10.0. The van der Waals surface area contributed by atoms with Gasteiger partial charge in [0, 0.05) is 25.7 Å². The van der Waals surface area contributed by atoms with Gasteiger partial charge in [0.15, 0.2) is 12.2 Å². The van der Waals surface area contributed by atoms with E-state index in [0.717, 1.165) is 96.3 Å². The SMILES string of the molecule is [CH2-]CCCCCCC(=O)O[C@H](COC(=O)CCCCCCCCCCCCCCCCC)COP(=O)(O)OC[C@@H](O)COP(=O)(O)OC[C@@H](COC(=O)CCCCCCCCCC)OC(=O)CCCCCCCCCCCCCCCCC. The highest BCUT2D eigenvalue weighted by Gasteiger charge is 2.30. The number of carbonyl (C=O) groups excluding carboxylic acids is 4. The van der Waals surface area contributed by atoms with E-state index in [1.165, 1.54) is 154 Å². The fourth-order valence-corrected chi connectivity index (χ4v) is 11.1. The van der Waals surface area contributed by atoms with Gasteiger partial charge in [-0.1, -0.05) is 265 Å². The monoisotopic (exact) mass is 1230 g/mol. The topological polar surface area (TPSA) is 237 Å². The summed E-state index contributed by atoms with van der Waals surface area (Å²) in [6, 6.07) is 0. The fourth-order valence-electron chi connectivity index (χ4n) is 9.56. The van der Waals surface area contributed by atoms with Crippen LogP contribution >= 0.6 is 15.6 Å². The summed E-state index contributed by atoms with van der Waals surface area (Å²) >= 11 is 0. The first-order valence-corrected chi connectivity index (χ1v) is 36.6. The Bertz CT molecular complexity index is 1600. The van der Waals surface area contributed by atoms with Crippen molar-refractivity contribution in [3.63, 3.8) is 0 Å². The minimum absolute atomic E-state index is 0.0802. The van der Waals surface area contributed by atoms with E-state index in [0.29, 0.717) is 25.7 Å². The van der Waals surface area contributed by atoms with Crippen molar-refractivity contribution in [2.45, 2.75) is 341 Å². The molecule has 492 valence electrons. The van der Waals surface area contributed by atoms with Crippen LogP contribution in [0.4, 0.5) is 0 Å². The molecule has 0 aliphatic heterocycles. The molecule has 83 heavy (non-hydrogen) atoms. The molecular weight excluding hydrogens is 1100 g/mol. The molecule has 0 saturated carbocycles. The second-order valence-electron chi connectivity index (χ2n) is 23.0. The first kappa shape index (κ1) is 81.1. The Hall–Kier alpha value is -1.94. The van der Waals surface area contributed by atoms with E-state index in [9.17, 15) is 43.2 Å². The van der Waals surface area contributed by atoms with Gasteiger partial charge < -0.3 is 40.8 Å². The average Bonchev–Trinajstić information content (AvgIpc) is 3.47. The Morgan fingerprint density at radius 1 is 0.325 bits per heavy atom. The lowest BCUT2D eigenvalue weighted by molar-refractivity contribution is -0.161. The molecule has 19 heteroatoms. The minimum Gasteiger partial charge on any atom is -0.462 e. The van der Waals surface area contributed by atoms with Crippen LogP contribution < -0.4 is 0 Å². The molecule has 0 rings (SSSR count). The van der Waals surface area contributed by atoms with Crippen LogP contribution in [0.3, 0.4) is 0 Å². The molecule has 0 heterocycles. The molecule has 17 nitrogen and oxygen atoms in total. The van der Waals surface area contributed by atoms with Crippen molar-refractivity contribution in [1.29, 1.82) is 0 Å². The molecule has 0 aromatic carbocycles. The van der Waals surface area contributed by atoms with Crippen molar-refractivity contribution in [3.05, 3.63) is 6.92 Å². The molecule has 0 aromatic rings. The van der Waals surface area contributed by atoms with Gasteiger partial charge in [-0.05, 0) is 25.7 Å². The van der Waals surface area contributed by atoms with Crippen molar-refractivity contribution in [1.82, 2.24) is 0 Å². The molecule has 0 spiro atoms. The number of aliphatic hydroxyl groups excluding tert-OH is 1. The highest BCUT2D eigenvalue weighted by molar-refractivity contribution is 7.47. The zero-order chi connectivity index (χ0) is 61.2. The molecule has 5 atom stereocenters. The summed E-state index contributed by atoms with van der Waals surface area (Å²) in [4.78, 5) is 71.9. The van der Waals surface area contributed by atoms with Crippen LogP contribution in [0.5, 0.6) is 0 Å². The summed E-state index contributed by atoms with van der Waals surface area (Å²) in [5.41, 5.74) is 0. The standard InChI is InChI=1S/C64H123O17P2/c1-5-9-13-17-20-23-25-27-29-31-33-35-38-42-45-49-62(67)74-54-59(80-63(68)50-46-40-16-12-8-4)56-78-82(70,71)76-52-58(65)53-77-83(72,73)79-57-60(55-75-61(66)48-44-41-37-22-19-15-11-7-3)81-64(69)51-47-43-39-36-34-32-30-28-26-24-21-18-14-10-6-2/h58-60,65H,4-57H2,1-3H3,(H,70,71)(H,72,73)/q-1/t58-,59-,60-/m1/s1. The molecule has 0 bridgehead atoms. The number of aliphatic hydroxyl groups is 1. The lowest BCUT2D eigenvalue weighted by Gasteiger charge is -2.21. The van der Waals surface area contributed by atoms with Gasteiger partial charge in [-0.3, -0.25) is 37.3 Å². The number of hydrogen-bond acceptors (Lipinski definition) is 15. The smallest absolute Gasteiger partial charge is 0.462 e. The molecule has 2 unspecified atom stereocenters. The highest BCUT2D eigenvalue weighted by atomic mass is 31.2. The van der Waals surface area contributed by atoms with Crippen LogP contribution in [0.25, 0.3) is 0 Å². The number of hydrogen-bond donors (Lipinski definition) is 3. The van der Waals surface area contributed by atoms with Gasteiger partial charge in [0.05, 0.1) is 26.4 Å². The van der Waals surface area contributed by atoms with Crippen LogP contribution in [0.15, 0.2) is 0 Å². The van der Waals surface area contributed by atoms with Crippen LogP contribution in [-0.4, -0.2) is 96.7 Å². The molecule has 0 fully saturated rings. The number of phosphoric acid groups is 2. The predicted octanol–water partition coefficient (Wildman–Crippen LogP) is 17.8. The van der Waals surface area contributed by atoms with E-state index >= 15 is 0 Å². The minimum atomic E-state index is -4.94. The highest BCUT2D eigenvalue weighted by Crippen LogP contribution is 2.45. The summed E-state index contributed by atoms with van der Waals surface area (Å²) in [6.45, 7) is 6.50. The number of esters is 4. The van der Waals surface area contributed by atoms with Crippen molar-refractivity contribution < 1.29 is 80.2 Å². The maximum Gasteiger partial charge on any atom is 0.472 e. The third-order valence-corrected chi connectivity index (χ3v) is 16.6. The lowest BCUT2D eigenvalue weighted by Crippen LogP contribution is -2.30. The molecule has 0 aromatic heterocycles. The maximum absolute atomic E-state index is 12.9. The Labute approximate surface area is 505 Å². The summed E-state index contributed by atoms with van der Waals surface area (Å²) in [6.07, 6.45) is 44.3. The number of phosphoric ester groups is 2. The number of rotatable bonds is 65. The van der Waals surface area contributed by atoms with Crippen molar-refractivity contribution >= 4 is 39.5 Å². The average molecular weight is 1230 g/mol. The number of unbranched alkanes of at least 4 members (excludes halogenated alkanes) is 39. The first-order chi connectivity index (χ1) is 40.2. The summed E-state index contributed by atoms with van der Waals surface area (Å²) < 4.78 is 67.7.